The van der Waals surface area contributed by atoms with Crippen LogP contribution in [0.1, 0.15) is 49.1 Å². The van der Waals surface area contributed by atoms with Crippen LogP contribution >= 0.6 is 0 Å². The number of allylic oxidation sites excluding steroid dienone is 1. The fraction of sp³-hybridized carbons (Fsp3) is 0.320. The van der Waals surface area contributed by atoms with Gasteiger partial charge in [-0.1, -0.05) is 12.5 Å². The minimum absolute atomic E-state index is 0.343. The molecule has 0 spiro atoms. The van der Waals surface area contributed by atoms with Gasteiger partial charge >= 0.3 is 0 Å². The Kier molecular flexibility index (Phi) is 5.35. The van der Waals surface area contributed by atoms with Crippen LogP contribution < -0.4 is 0 Å². The van der Waals surface area contributed by atoms with Gasteiger partial charge in [-0.05, 0) is 72.9 Å². The van der Waals surface area contributed by atoms with Crippen LogP contribution in [0.2, 0.25) is 0 Å². The van der Waals surface area contributed by atoms with E-state index in [-0.39, 0.29) is 5.82 Å². The summed E-state index contributed by atoms with van der Waals surface area (Å²) in [5, 5.41) is 15.4. The molecular weight excluding hydrogens is 458 g/mol. The van der Waals surface area contributed by atoms with Crippen LogP contribution in [0.25, 0.3) is 11.8 Å². The van der Waals surface area contributed by atoms with E-state index in [0.717, 1.165) is 16.8 Å². The lowest BCUT2D eigenvalue weighted by Crippen LogP contribution is -2.41. The summed E-state index contributed by atoms with van der Waals surface area (Å²) in [5.41, 5.74) is 1.12. The summed E-state index contributed by atoms with van der Waals surface area (Å²) >= 11 is 0. The van der Waals surface area contributed by atoms with E-state index in [1.54, 1.807) is 23.0 Å². The number of aromatic nitrogens is 2. The molecular formula is C25H20F6N2O. The molecule has 2 aromatic carbocycles. The Labute approximate surface area is 191 Å². The lowest BCUT2D eigenvalue weighted by atomic mass is 9.57. The van der Waals surface area contributed by atoms with E-state index in [9.17, 15) is 31.4 Å². The molecule has 3 atom stereocenters. The van der Waals surface area contributed by atoms with Crippen molar-refractivity contribution in [2.75, 3.05) is 0 Å². The molecule has 0 aliphatic heterocycles. The average molecular weight is 478 g/mol. The van der Waals surface area contributed by atoms with Crippen LogP contribution in [-0.4, -0.2) is 14.9 Å². The third kappa shape index (κ3) is 3.28. The monoisotopic (exact) mass is 478 g/mol. The summed E-state index contributed by atoms with van der Waals surface area (Å²) < 4.78 is 85.1. The fourth-order valence-electron chi connectivity index (χ4n) is 5.46. The second-order valence-electron chi connectivity index (χ2n) is 9.13. The molecule has 2 aliphatic carbocycles. The number of hydrogen-bond acceptors (Lipinski definition) is 2. The molecule has 3 aromatic rings. The minimum Gasteiger partial charge on any atom is -0.388 e. The molecule has 178 valence electrons. The maximum atomic E-state index is 14.5. The first-order valence-corrected chi connectivity index (χ1v) is 10.9. The molecule has 1 aromatic heterocycles. The van der Waals surface area contributed by atoms with Crippen LogP contribution in [0.4, 0.5) is 26.3 Å². The van der Waals surface area contributed by atoms with Gasteiger partial charge in [-0.2, -0.15) is 5.10 Å². The molecule has 0 amide bonds. The SMILES string of the molecule is C[C@]12Cc3cnn(-c4ccc(F)cc4)c3C=C1CCC[C@@H]2[C@@H](O)c1c(F)c(F)c(F)c(F)c1F. The van der Waals surface area contributed by atoms with E-state index in [0.29, 0.717) is 31.4 Å². The summed E-state index contributed by atoms with van der Waals surface area (Å²) in [6.07, 6.45) is 3.54. The van der Waals surface area contributed by atoms with Crippen LogP contribution in [0, 0.1) is 46.2 Å². The molecule has 0 radical (unpaired) electrons. The second kappa shape index (κ2) is 8.01. The van der Waals surface area contributed by atoms with Crippen LogP contribution in [0.5, 0.6) is 0 Å². The lowest BCUT2D eigenvalue weighted by Gasteiger charge is -2.47. The molecule has 1 saturated carbocycles. The number of hydrogen-bond donors (Lipinski definition) is 1. The van der Waals surface area contributed by atoms with Crippen molar-refractivity contribution in [2.45, 2.75) is 38.7 Å². The quantitative estimate of drug-likeness (QED) is 0.277. The molecule has 1 N–H and O–H groups in total. The van der Waals surface area contributed by atoms with Crippen molar-refractivity contribution in [3.63, 3.8) is 0 Å². The van der Waals surface area contributed by atoms with Crippen molar-refractivity contribution in [3.05, 3.63) is 87.8 Å². The molecule has 3 nitrogen and oxygen atoms in total. The number of aliphatic hydroxyl groups excluding tert-OH is 1. The predicted molar refractivity (Wildman–Crippen MR) is 112 cm³/mol. The van der Waals surface area contributed by atoms with Gasteiger partial charge in [0.05, 0.1) is 29.2 Å². The highest BCUT2D eigenvalue weighted by Crippen LogP contribution is 2.55. The Bertz CT molecular complexity index is 1290. The van der Waals surface area contributed by atoms with Crippen molar-refractivity contribution >= 4 is 6.08 Å². The van der Waals surface area contributed by atoms with Crippen LogP contribution in [0.3, 0.4) is 0 Å². The van der Waals surface area contributed by atoms with Crippen molar-refractivity contribution < 1.29 is 31.4 Å². The van der Waals surface area contributed by atoms with E-state index in [1.165, 1.54) is 12.1 Å². The number of aliphatic hydroxyl groups is 1. The molecule has 2 aliphatic rings. The van der Waals surface area contributed by atoms with Crippen molar-refractivity contribution in [3.8, 4) is 5.69 Å². The standard InChI is InChI=1S/C25H20F6N2O/c1-25-10-12-11-32-33(15-7-5-14(26)6-8-15)17(12)9-13(25)3-2-4-16(25)24(34)18-19(27)21(29)23(31)22(30)20(18)28/h5-9,11,16,24,34H,2-4,10H2,1H3/t16-,24-,25+/m1/s1. The molecule has 1 fully saturated rings. The third-order valence-corrected chi connectivity index (χ3v) is 7.26. The summed E-state index contributed by atoms with van der Waals surface area (Å²) in [6.45, 7) is 1.83. The zero-order chi connectivity index (χ0) is 24.4. The zero-order valence-corrected chi connectivity index (χ0v) is 18.1. The number of nitrogens with zero attached hydrogens (tertiary/aromatic N) is 2. The van der Waals surface area contributed by atoms with Gasteiger partial charge in [0.1, 0.15) is 5.82 Å². The topological polar surface area (TPSA) is 38.0 Å². The van der Waals surface area contributed by atoms with Gasteiger partial charge in [-0.25, -0.2) is 31.0 Å². The lowest BCUT2D eigenvalue weighted by molar-refractivity contribution is 0.0161. The number of halogens is 6. The van der Waals surface area contributed by atoms with Gasteiger partial charge in [0.15, 0.2) is 23.3 Å². The van der Waals surface area contributed by atoms with Gasteiger partial charge in [-0.15, -0.1) is 0 Å². The van der Waals surface area contributed by atoms with Gasteiger partial charge in [0, 0.05) is 0 Å². The number of rotatable bonds is 3. The molecule has 9 heteroatoms. The van der Waals surface area contributed by atoms with Crippen LogP contribution in [-0.2, 0) is 6.42 Å². The Morgan fingerprint density at radius 2 is 1.59 bits per heavy atom. The molecule has 0 bridgehead atoms. The Morgan fingerprint density at radius 1 is 0.971 bits per heavy atom. The van der Waals surface area contributed by atoms with Gasteiger partial charge in [0.25, 0.3) is 0 Å². The highest BCUT2D eigenvalue weighted by Gasteiger charge is 2.48. The Morgan fingerprint density at radius 3 is 2.24 bits per heavy atom. The summed E-state index contributed by atoms with van der Waals surface area (Å²) in [4.78, 5) is 0. The zero-order valence-electron chi connectivity index (χ0n) is 18.1. The maximum Gasteiger partial charge on any atom is 0.200 e. The molecule has 0 saturated heterocycles. The Balaban J connectivity index is 1.56. The first-order valence-electron chi connectivity index (χ1n) is 10.9. The van der Waals surface area contributed by atoms with Gasteiger partial charge in [-0.3, -0.25) is 0 Å². The average Bonchev–Trinajstić information content (AvgIpc) is 3.21. The van der Waals surface area contributed by atoms with Crippen molar-refractivity contribution in [1.82, 2.24) is 9.78 Å². The van der Waals surface area contributed by atoms with E-state index < -0.39 is 52.1 Å². The molecule has 5 rings (SSSR count). The Hall–Kier alpha value is -3.07. The van der Waals surface area contributed by atoms with E-state index in [4.69, 9.17) is 0 Å². The van der Waals surface area contributed by atoms with E-state index in [2.05, 4.69) is 5.10 Å². The summed E-state index contributed by atoms with van der Waals surface area (Å²) in [5.74, 6) is -11.6. The van der Waals surface area contributed by atoms with Gasteiger partial charge < -0.3 is 5.11 Å². The third-order valence-electron chi connectivity index (χ3n) is 7.26. The molecule has 1 heterocycles. The number of benzene rings is 2. The van der Waals surface area contributed by atoms with Crippen molar-refractivity contribution in [2.24, 2.45) is 11.3 Å². The van der Waals surface area contributed by atoms with Crippen LogP contribution in [0.15, 0.2) is 36.0 Å². The van der Waals surface area contributed by atoms with E-state index >= 15 is 0 Å². The maximum absolute atomic E-state index is 14.5. The smallest absolute Gasteiger partial charge is 0.200 e. The highest BCUT2D eigenvalue weighted by atomic mass is 19.2. The first kappa shape index (κ1) is 22.7. The normalized spacial score (nSPS) is 22.7. The van der Waals surface area contributed by atoms with Gasteiger partial charge in [0.2, 0.25) is 5.82 Å². The summed E-state index contributed by atoms with van der Waals surface area (Å²) in [6, 6.07) is 5.82. The predicted octanol–water partition coefficient (Wildman–Crippen LogP) is 6.19. The second-order valence-corrected chi connectivity index (χ2v) is 9.13. The molecule has 34 heavy (non-hydrogen) atoms. The minimum atomic E-state index is -2.25. The van der Waals surface area contributed by atoms with E-state index in [1.807, 2.05) is 13.0 Å². The van der Waals surface area contributed by atoms with Crippen molar-refractivity contribution in [1.29, 1.82) is 0 Å². The highest BCUT2D eigenvalue weighted by molar-refractivity contribution is 5.61. The first-order chi connectivity index (χ1) is 16.1. The summed E-state index contributed by atoms with van der Waals surface area (Å²) in [7, 11) is 0. The molecule has 0 unspecified atom stereocenters. The largest absolute Gasteiger partial charge is 0.388 e. The fourth-order valence-corrected chi connectivity index (χ4v) is 5.46. The number of fused-ring (bicyclic) bond motifs is 2.